The molecule has 230 valence electrons. The molecule has 2 aliphatic rings. The molecule has 44 heavy (non-hydrogen) atoms. The van der Waals surface area contributed by atoms with Crippen molar-refractivity contribution in [2.75, 3.05) is 31.2 Å². The number of anilines is 1. The number of amides is 1. The Morgan fingerprint density at radius 2 is 1.80 bits per heavy atom. The van der Waals surface area contributed by atoms with Crippen molar-refractivity contribution >= 4 is 32.8 Å². The zero-order chi connectivity index (χ0) is 31.2. The Bertz CT molecular complexity index is 1930. The van der Waals surface area contributed by atoms with Crippen LogP contribution in [0.25, 0.3) is 22.0 Å². The normalized spacial score (nSPS) is 16.2. The van der Waals surface area contributed by atoms with Crippen molar-refractivity contribution in [3.8, 4) is 11.1 Å². The van der Waals surface area contributed by atoms with Crippen LogP contribution in [0.2, 0.25) is 0 Å². The van der Waals surface area contributed by atoms with Crippen molar-refractivity contribution in [3.63, 3.8) is 0 Å². The van der Waals surface area contributed by atoms with Crippen molar-refractivity contribution in [2.45, 2.75) is 51.3 Å². The van der Waals surface area contributed by atoms with E-state index in [4.69, 9.17) is 4.74 Å². The van der Waals surface area contributed by atoms with Gasteiger partial charge in [0.1, 0.15) is 0 Å². The number of pyridine rings is 1. The molecule has 0 bridgehead atoms. The van der Waals surface area contributed by atoms with Gasteiger partial charge in [-0.05, 0) is 74.9 Å². The monoisotopic (exact) mass is 616 g/mol. The average Bonchev–Trinajstić information content (AvgIpc) is 3.73. The standard InChI is InChI=1S/C32H36N6O5S/c1-5-6-32(7-8-32)44(41,42)38-19-21(3)28-25(29(39)33-18-26-20(2)13-22(4)36-30(26)40)14-23(15-27(28)38)24-16-34-31(35-17-24)37-9-11-43-12-10-37/h5,13-17,19H,1,6-12,18H2,2-4H3,(H,33,39)(H,36,40). The van der Waals surface area contributed by atoms with Crippen LogP contribution in [0.1, 0.15) is 52.0 Å². The van der Waals surface area contributed by atoms with Crippen LogP contribution in [-0.4, -0.2) is 64.3 Å². The number of carbonyl (C=O) groups is 1. The van der Waals surface area contributed by atoms with Crippen LogP contribution in [-0.2, 0) is 21.3 Å². The Morgan fingerprint density at radius 1 is 1.09 bits per heavy atom. The topological polar surface area (TPSA) is 139 Å². The molecular formula is C32H36N6O5S. The number of allylic oxidation sites excluding steroid dienone is 1. The van der Waals surface area contributed by atoms with Crippen LogP contribution < -0.4 is 15.8 Å². The highest BCUT2D eigenvalue weighted by atomic mass is 32.2. The molecule has 0 atom stereocenters. The number of fused-ring (bicyclic) bond motifs is 1. The molecule has 1 saturated carbocycles. The van der Waals surface area contributed by atoms with Crippen molar-refractivity contribution in [2.24, 2.45) is 0 Å². The van der Waals surface area contributed by atoms with Crippen molar-refractivity contribution < 1.29 is 17.9 Å². The predicted octanol–water partition coefficient (Wildman–Crippen LogP) is 3.77. The molecule has 0 unspecified atom stereocenters. The highest BCUT2D eigenvalue weighted by molar-refractivity contribution is 7.91. The number of H-pyrrole nitrogens is 1. The molecule has 1 aliphatic carbocycles. The number of ether oxygens (including phenoxy) is 1. The minimum Gasteiger partial charge on any atom is -0.378 e. The molecule has 0 spiro atoms. The molecule has 0 radical (unpaired) electrons. The van der Waals surface area contributed by atoms with Gasteiger partial charge in [-0.25, -0.2) is 22.4 Å². The number of morpholine rings is 1. The third-order valence-corrected chi connectivity index (χ3v) is 11.1. The molecular weight excluding hydrogens is 580 g/mol. The number of hydrogen-bond donors (Lipinski definition) is 2. The first-order valence-electron chi connectivity index (χ1n) is 14.7. The minimum atomic E-state index is -3.81. The third kappa shape index (κ3) is 5.22. The van der Waals surface area contributed by atoms with Crippen LogP contribution in [0.3, 0.4) is 0 Å². The van der Waals surface area contributed by atoms with Gasteiger partial charge < -0.3 is 19.9 Å². The lowest BCUT2D eigenvalue weighted by Gasteiger charge is -2.26. The van der Waals surface area contributed by atoms with Gasteiger partial charge in [-0.2, -0.15) is 0 Å². The molecule has 2 N–H and O–H groups in total. The second-order valence-electron chi connectivity index (χ2n) is 11.7. The Labute approximate surface area is 256 Å². The van der Waals surface area contributed by atoms with Gasteiger partial charge in [0.15, 0.2) is 0 Å². The number of nitrogens with zero attached hydrogens (tertiary/aromatic N) is 4. The fourth-order valence-electron chi connectivity index (χ4n) is 6.01. The minimum absolute atomic E-state index is 0.0177. The van der Waals surface area contributed by atoms with E-state index in [1.165, 1.54) is 3.97 Å². The summed E-state index contributed by atoms with van der Waals surface area (Å²) >= 11 is 0. The summed E-state index contributed by atoms with van der Waals surface area (Å²) in [7, 11) is -3.81. The summed E-state index contributed by atoms with van der Waals surface area (Å²) in [6.07, 6.45) is 8.06. The average molecular weight is 617 g/mol. The highest BCUT2D eigenvalue weighted by Gasteiger charge is 2.54. The number of rotatable bonds is 9. The molecule has 2 fully saturated rings. The molecule has 11 nitrogen and oxygen atoms in total. The summed E-state index contributed by atoms with van der Waals surface area (Å²) in [5.74, 6) is 0.157. The number of carbonyl (C=O) groups excluding carboxylic acids is 1. The van der Waals surface area contributed by atoms with E-state index >= 15 is 0 Å². The summed E-state index contributed by atoms with van der Waals surface area (Å²) in [5.41, 5.74) is 4.30. The largest absolute Gasteiger partial charge is 0.378 e. The Kier molecular flexibility index (Phi) is 7.66. The van der Waals surface area contributed by atoms with E-state index in [-0.39, 0.29) is 12.1 Å². The first kappa shape index (κ1) is 29.8. The molecule has 1 saturated heterocycles. The SMILES string of the molecule is C=CCC1(S(=O)(=O)n2cc(C)c3c(C(=O)NCc4c(C)cc(C)[nH]c4=O)cc(-c4cnc(N5CCOCC5)nc4)cc32)CC1. The molecule has 12 heteroatoms. The maximum atomic E-state index is 14.0. The molecule has 6 rings (SSSR count). The number of aryl methyl sites for hydroxylation is 3. The zero-order valence-electron chi connectivity index (χ0n) is 25.1. The lowest BCUT2D eigenvalue weighted by Crippen LogP contribution is -2.37. The molecule has 1 aliphatic heterocycles. The Morgan fingerprint density at radius 3 is 2.43 bits per heavy atom. The Hall–Kier alpha value is -4.29. The van der Waals surface area contributed by atoms with Gasteiger partial charge >= 0.3 is 0 Å². The summed E-state index contributed by atoms with van der Waals surface area (Å²) in [4.78, 5) is 40.4. The van der Waals surface area contributed by atoms with E-state index in [9.17, 15) is 18.0 Å². The van der Waals surface area contributed by atoms with E-state index in [1.54, 1.807) is 50.6 Å². The molecule has 3 aromatic heterocycles. The highest BCUT2D eigenvalue weighted by Crippen LogP contribution is 2.49. The van der Waals surface area contributed by atoms with Gasteiger partial charge in [-0.1, -0.05) is 6.08 Å². The van der Waals surface area contributed by atoms with Gasteiger partial charge in [0, 0.05) is 66.0 Å². The van der Waals surface area contributed by atoms with Crippen molar-refractivity contribution in [3.05, 3.63) is 87.7 Å². The molecule has 4 heterocycles. The Balaban J connectivity index is 1.45. The van der Waals surface area contributed by atoms with E-state index < -0.39 is 20.7 Å². The van der Waals surface area contributed by atoms with Crippen LogP contribution in [0.15, 0.2) is 54.2 Å². The maximum Gasteiger partial charge on any atom is 0.253 e. The predicted molar refractivity (Wildman–Crippen MR) is 170 cm³/mol. The van der Waals surface area contributed by atoms with Gasteiger partial charge in [-0.15, -0.1) is 6.58 Å². The molecule has 1 amide bonds. The lowest BCUT2D eigenvalue weighted by atomic mass is 9.99. The molecule has 1 aromatic carbocycles. The zero-order valence-corrected chi connectivity index (χ0v) is 26.0. The van der Waals surface area contributed by atoms with Crippen molar-refractivity contribution in [1.29, 1.82) is 0 Å². The summed E-state index contributed by atoms with van der Waals surface area (Å²) in [5, 5.41) is 3.43. The number of aromatic amines is 1. The number of aromatic nitrogens is 4. The number of nitrogens with one attached hydrogen (secondary N) is 2. The summed E-state index contributed by atoms with van der Waals surface area (Å²) in [6, 6.07) is 5.37. The molecule has 4 aromatic rings. The fraction of sp³-hybridized carbons (Fsp3) is 0.375. The van der Waals surface area contributed by atoms with Gasteiger partial charge in [0.25, 0.3) is 11.5 Å². The number of benzene rings is 1. The van der Waals surface area contributed by atoms with E-state index in [2.05, 4.69) is 26.8 Å². The second-order valence-corrected chi connectivity index (χ2v) is 13.9. The number of hydrogen-bond acceptors (Lipinski definition) is 8. The lowest BCUT2D eigenvalue weighted by molar-refractivity contribution is 0.0952. The first-order valence-corrected chi connectivity index (χ1v) is 16.1. The summed E-state index contributed by atoms with van der Waals surface area (Å²) in [6.45, 7) is 11.8. The van der Waals surface area contributed by atoms with Crippen LogP contribution >= 0.6 is 0 Å². The van der Waals surface area contributed by atoms with E-state index in [0.717, 1.165) is 11.3 Å². The first-order chi connectivity index (χ1) is 21.0. The third-order valence-electron chi connectivity index (χ3n) is 8.62. The summed E-state index contributed by atoms with van der Waals surface area (Å²) < 4.78 is 33.9. The van der Waals surface area contributed by atoms with Gasteiger partial charge in [0.05, 0.1) is 23.5 Å². The van der Waals surface area contributed by atoms with Crippen molar-refractivity contribution in [1.82, 2.24) is 24.2 Å². The van der Waals surface area contributed by atoms with Crippen LogP contribution in [0, 0.1) is 20.8 Å². The van der Waals surface area contributed by atoms with Crippen LogP contribution in [0.5, 0.6) is 0 Å². The van der Waals surface area contributed by atoms with E-state index in [0.29, 0.717) is 90.2 Å². The quantitative estimate of drug-likeness (QED) is 0.271. The van der Waals surface area contributed by atoms with E-state index in [1.807, 2.05) is 17.9 Å². The van der Waals surface area contributed by atoms with Gasteiger partial charge in [0.2, 0.25) is 16.0 Å². The van der Waals surface area contributed by atoms with Crippen LogP contribution in [0.4, 0.5) is 5.95 Å². The van der Waals surface area contributed by atoms with Gasteiger partial charge in [-0.3, -0.25) is 9.59 Å². The fourth-order valence-corrected chi connectivity index (χ4v) is 8.07. The second kappa shape index (κ2) is 11.3. The smallest absolute Gasteiger partial charge is 0.253 e. The maximum absolute atomic E-state index is 14.0.